The molecule has 4 N–H and O–H groups in total. The van der Waals surface area contributed by atoms with Crippen LogP contribution < -0.4 is 21.5 Å². The van der Waals surface area contributed by atoms with E-state index in [1.807, 2.05) is 18.7 Å². The molecule has 2 rings (SSSR count). The van der Waals surface area contributed by atoms with Gasteiger partial charge in [0, 0.05) is 18.7 Å². The summed E-state index contributed by atoms with van der Waals surface area (Å²) in [6.45, 7) is 5.09. The molecule has 17 heavy (non-hydrogen) atoms. The van der Waals surface area contributed by atoms with E-state index < -0.39 is 0 Å². The number of hydrogen-bond donors (Lipinski definition) is 3. The van der Waals surface area contributed by atoms with E-state index >= 15 is 0 Å². The summed E-state index contributed by atoms with van der Waals surface area (Å²) in [6, 6.07) is -0.233. The van der Waals surface area contributed by atoms with E-state index in [9.17, 15) is 4.79 Å². The standard InChI is InChI=1S/C10H16N6O/c1-6-8(15-11)13-5-14-9(6)16-4-3-12-10(17)7(16)2/h5,7H,3-4,11H2,1-2H3,(H,12,17)(H,13,14,15). The van der Waals surface area contributed by atoms with Crippen LogP contribution in [0.2, 0.25) is 0 Å². The van der Waals surface area contributed by atoms with Gasteiger partial charge in [-0.2, -0.15) is 0 Å². The number of carbonyl (C=O) groups excluding carboxylic acids is 1. The Hall–Kier alpha value is -1.89. The van der Waals surface area contributed by atoms with Gasteiger partial charge in [-0.3, -0.25) is 4.79 Å². The van der Waals surface area contributed by atoms with Crippen molar-refractivity contribution in [3.8, 4) is 0 Å². The number of hydrogen-bond acceptors (Lipinski definition) is 6. The first-order valence-corrected chi connectivity index (χ1v) is 5.47. The second kappa shape index (κ2) is 4.54. The van der Waals surface area contributed by atoms with Crippen LogP contribution >= 0.6 is 0 Å². The van der Waals surface area contributed by atoms with Crippen LogP contribution in [0, 0.1) is 6.92 Å². The third kappa shape index (κ3) is 2.01. The van der Waals surface area contributed by atoms with E-state index in [2.05, 4.69) is 20.7 Å². The summed E-state index contributed by atoms with van der Waals surface area (Å²) in [5.74, 6) is 6.71. The van der Waals surface area contributed by atoms with Crippen molar-refractivity contribution in [2.45, 2.75) is 19.9 Å². The van der Waals surface area contributed by atoms with E-state index in [1.165, 1.54) is 6.33 Å². The van der Waals surface area contributed by atoms with Crippen molar-refractivity contribution in [1.29, 1.82) is 0 Å². The second-order valence-corrected chi connectivity index (χ2v) is 3.98. The van der Waals surface area contributed by atoms with Crippen molar-refractivity contribution in [2.75, 3.05) is 23.4 Å². The Morgan fingerprint density at radius 2 is 2.35 bits per heavy atom. The van der Waals surface area contributed by atoms with Gasteiger partial charge in [0.1, 0.15) is 24.0 Å². The molecule has 1 aromatic heterocycles. The Balaban J connectivity index is 2.36. The largest absolute Gasteiger partial charge is 0.353 e. The number of hydrazine groups is 1. The van der Waals surface area contributed by atoms with Crippen LogP contribution in [0.15, 0.2) is 6.33 Å². The summed E-state index contributed by atoms with van der Waals surface area (Å²) in [4.78, 5) is 21.8. The number of piperazine rings is 1. The van der Waals surface area contributed by atoms with Gasteiger partial charge < -0.3 is 15.6 Å². The van der Waals surface area contributed by atoms with Gasteiger partial charge in [-0.25, -0.2) is 15.8 Å². The first-order valence-electron chi connectivity index (χ1n) is 5.47. The maximum absolute atomic E-state index is 11.6. The van der Waals surface area contributed by atoms with Gasteiger partial charge in [-0.15, -0.1) is 0 Å². The highest BCUT2D eigenvalue weighted by molar-refractivity contribution is 5.86. The number of anilines is 2. The molecule has 1 atom stereocenters. The van der Waals surface area contributed by atoms with E-state index in [0.717, 1.165) is 17.9 Å². The molecule has 0 spiro atoms. The molecule has 1 amide bonds. The molecule has 0 aliphatic carbocycles. The molecule has 0 saturated carbocycles. The number of aromatic nitrogens is 2. The Labute approximate surface area is 99.4 Å². The predicted molar refractivity (Wildman–Crippen MR) is 64.4 cm³/mol. The lowest BCUT2D eigenvalue weighted by molar-refractivity contribution is -0.122. The molecular weight excluding hydrogens is 220 g/mol. The smallest absolute Gasteiger partial charge is 0.242 e. The second-order valence-electron chi connectivity index (χ2n) is 3.98. The fraction of sp³-hybridized carbons (Fsp3) is 0.500. The van der Waals surface area contributed by atoms with Gasteiger partial charge >= 0.3 is 0 Å². The molecule has 2 heterocycles. The average Bonchev–Trinajstić information content (AvgIpc) is 2.33. The van der Waals surface area contributed by atoms with Gasteiger partial charge in [-0.1, -0.05) is 0 Å². The van der Waals surface area contributed by atoms with Crippen molar-refractivity contribution in [3.05, 3.63) is 11.9 Å². The number of nitrogens with zero attached hydrogens (tertiary/aromatic N) is 3. The van der Waals surface area contributed by atoms with Crippen LogP contribution in [-0.2, 0) is 4.79 Å². The lowest BCUT2D eigenvalue weighted by Crippen LogP contribution is -2.54. The number of amides is 1. The van der Waals surface area contributed by atoms with Crippen LogP contribution in [-0.4, -0.2) is 35.0 Å². The maximum Gasteiger partial charge on any atom is 0.242 e. The Bertz CT molecular complexity index is 435. The zero-order valence-electron chi connectivity index (χ0n) is 9.90. The molecule has 0 radical (unpaired) electrons. The van der Waals surface area contributed by atoms with Crippen LogP contribution in [0.4, 0.5) is 11.6 Å². The molecule has 1 fully saturated rings. The minimum absolute atomic E-state index is 0.0107. The van der Waals surface area contributed by atoms with E-state index in [1.54, 1.807) is 0 Å². The molecule has 1 saturated heterocycles. The summed E-state index contributed by atoms with van der Waals surface area (Å²) in [7, 11) is 0. The number of carbonyl (C=O) groups is 1. The SMILES string of the molecule is Cc1c(NN)ncnc1N1CCNC(=O)C1C. The van der Waals surface area contributed by atoms with Gasteiger partial charge in [0.25, 0.3) is 0 Å². The lowest BCUT2D eigenvalue weighted by atomic mass is 10.2. The summed E-state index contributed by atoms with van der Waals surface area (Å²) >= 11 is 0. The van der Waals surface area contributed by atoms with Crippen LogP contribution in [0.1, 0.15) is 12.5 Å². The Morgan fingerprint density at radius 3 is 3.06 bits per heavy atom. The topological polar surface area (TPSA) is 96.2 Å². The summed E-state index contributed by atoms with van der Waals surface area (Å²) in [5.41, 5.74) is 3.37. The fourth-order valence-electron chi connectivity index (χ4n) is 1.95. The molecular formula is C10H16N6O. The number of nitrogen functional groups attached to an aromatic ring is 1. The molecule has 1 aromatic rings. The minimum Gasteiger partial charge on any atom is -0.353 e. The third-order valence-electron chi connectivity index (χ3n) is 2.97. The number of nitrogens with two attached hydrogens (primary N) is 1. The van der Waals surface area contributed by atoms with E-state index in [-0.39, 0.29) is 11.9 Å². The van der Waals surface area contributed by atoms with Crippen molar-refractivity contribution in [2.24, 2.45) is 5.84 Å². The molecule has 92 valence electrons. The molecule has 1 aliphatic heterocycles. The molecule has 0 bridgehead atoms. The molecule has 7 heteroatoms. The van der Waals surface area contributed by atoms with Gasteiger partial charge in [0.2, 0.25) is 5.91 Å². The molecule has 1 unspecified atom stereocenters. The van der Waals surface area contributed by atoms with Gasteiger partial charge in [0.05, 0.1) is 0 Å². The number of rotatable bonds is 2. The summed E-state index contributed by atoms with van der Waals surface area (Å²) < 4.78 is 0. The minimum atomic E-state index is -0.233. The Morgan fingerprint density at radius 1 is 1.59 bits per heavy atom. The monoisotopic (exact) mass is 236 g/mol. The fourth-order valence-corrected chi connectivity index (χ4v) is 1.95. The van der Waals surface area contributed by atoms with Crippen molar-refractivity contribution in [3.63, 3.8) is 0 Å². The normalized spacial score (nSPS) is 20.1. The van der Waals surface area contributed by atoms with Gasteiger partial charge in [0.15, 0.2) is 0 Å². The molecule has 7 nitrogen and oxygen atoms in total. The van der Waals surface area contributed by atoms with Crippen LogP contribution in [0.25, 0.3) is 0 Å². The highest BCUT2D eigenvalue weighted by Crippen LogP contribution is 2.23. The van der Waals surface area contributed by atoms with Crippen LogP contribution in [0.5, 0.6) is 0 Å². The first kappa shape index (κ1) is 11.6. The number of nitrogens with one attached hydrogen (secondary N) is 2. The summed E-state index contributed by atoms with van der Waals surface area (Å²) in [6.07, 6.45) is 1.44. The highest BCUT2D eigenvalue weighted by Gasteiger charge is 2.27. The summed E-state index contributed by atoms with van der Waals surface area (Å²) in [5, 5.41) is 2.82. The maximum atomic E-state index is 11.6. The van der Waals surface area contributed by atoms with E-state index in [4.69, 9.17) is 5.84 Å². The van der Waals surface area contributed by atoms with Gasteiger partial charge in [-0.05, 0) is 13.8 Å². The molecule has 0 aromatic carbocycles. The van der Waals surface area contributed by atoms with Crippen LogP contribution in [0.3, 0.4) is 0 Å². The highest BCUT2D eigenvalue weighted by atomic mass is 16.2. The average molecular weight is 236 g/mol. The molecule has 1 aliphatic rings. The zero-order valence-corrected chi connectivity index (χ0v) is 9.90. The first-order chi connectivity index (χ1) is 8.15. The predicted octanol–water partition coefficient (Wildman–Crippen LogP) is -0.605. The Kier molecular flexibility index (Phi) is 3.10. The quantitative estimate of drug-likeness (QED) is 0.468. The van der Waals surface area contributed by atoms with Crippen molar-refractivity contribution < 1.29 is 4.79 Å². The van der Waals surface area contributed by atoms with E-state index in [0.29, 0.717) is 12.4 Å². The van der Waals surface area contributed by atoms with Crippen molar-refractivity contribution >= 4 is 17.5 Å². The zero-order chi connectivity index (χ0) is 12.4. The van der Waals surface area contributed by atoms with Crippen molar-refractivity contribution in [1.82, 2.24) is 15.3 Å². The third-order valence-corrected chi connectivity index (χ3v) is 2.97. The lowest BCUT2D eigenvalue weighted by Gasteiger charge is -2.34.